The van der Waals surface area contributed by atoms with Gasteiger partial charge in [-0.25, -0.2) is 0 Å². The van der Waals surface area contributed by atoms with Gasteiger partial charge in [-0.05, 0) is 18.2 Å². The maximum Gasteiger partial charge on any atom is 0.104 e. The third-order valence-electron chi connectivity index (χ3n) is 2.98. The first-order chi connectivity index (χ1) is 8.75. The first-order valence-electron chi connectivity index (χ1n) is 6.20. The molecule has 94 valence electrons. The Labute approximate surface area is 113 Å². The molecule has 0 fully saturated rings. The molecule has 0 radical (unpaired) electrons. The molecule has 1 unspecified atom stereocenters. The molecule has 0 aliphatic heterocycles. The summed E-state index contributed by atoms with van der Waals surface area (Å²) in [6.07, 6.45) is 2.84. The van der Waals surface area contributed by atoms with E-state index in [1.54, 1.807) is 0 Å². The van der Waals surface area contributed by atoms with E-state index in [9.17, 15) is 0 Å². The zero-order valence-electron chi connectivity index (χ0n) is 10.6. The summed E-state index contributed by atoms with van der Waals surface area (Å²) in [5.41, 5.74) is 2.36. The van der Waals surface area contributed by atoms with Crippen LogP contribution in [0.15, 0.2) is 48.7 Å². The number of hydrogen-bond donors (Lipinski definition) is 1. The van der Waals surface area contributed by atoms with Crippen LogP contribution in [0.1, 0.15) is 11.3 Å². The normalized spacial score (nSPS) is 12.3. The van der Waals surface area contributed by atoms with E-state index < -0.39 is 0 Å². The number of rotatable bonds is 5. The highest BCUT2D eigenvalue weighted by Crippen LogP contribution is 2.13. The SMILES string of the molecule is C[NH+](CCc1ccccn1)Cc1ccccc1Cl. The molecule has 0 spiro atoms. The van der Waals surface area contributed by atoms with Crippen LogP contribution in [0.5, 0.6) is 0 Å². The zero-order chi connectivity index (χ0) is 12.8. The lowest BCUT2D eigenvalue weighted by Gasteiger charge is -2.14. The van der Waals surface area contributed by atoms with E-state index in [0.29, 0.717) is 0 Å². The van der Waals surface area contributed by atoms with Crippen molar-refractivity contribution in [3.05, 3.63) is 64.9 Å². The maximum absolute atomic E-state index is 6.16. The average molecular weight is 262 g/mol. The molecule has 0 saturated heterocycles. The maximum atomic E-state index is 6.16. The lowest BCUT2D eigenvalue weighted by atomic mass is 10.2. The Balaban J connectivity index is 1.86. The fourth-order valence-corrected chi connectivity index (χ4v) is 2.15. The zero-order valence-corrected chi connectivity index (χ0v) is 11.3. The van der Waals surface area contributed by atoms with Crippen LogP contribution in [-0.2, 0) is 13.0 Å². The molecule has 1 heterocycles. The molecule has 1 N–H and O–H groups in total. The number of quaternary nitrogens is 1. The van der Waals surface area contributed by atoms with Crippen LogP contribution in [0.2, 0.25) is 5.02 Å². The second-order valence-electron chi connectivity index (χ2n) is 4.55. The molecule has 3 heteroatoms. The molecule has 1 aromatic carbocycles. The quantitative estimate of drug-likeness (QED) is 0.871. The highest BCUT2D eigenvalue weighted by atomic mass is 35.5. The molecule has 2 aromatic rings. The van der Waals surface area contributed by atoms with Crippen LogP contribution in [0.3, 0.4) is 0 Å². The van der Waals surface area contributed by atoms with Crippen LogP contribution in [-0.4, -0.2) is 18.6 Å². The number of pyridine rings is 1. The molecule has 2 nitrogen and oxygen atoms in total. The number of likely N-dealkylation sites (N-methyl/N-ethyl adjacent to an activating group) is 1. The summed E-state index contributed by atoms with van der Waals surface area (Å²) < 4.78 is 0. The van der Waals surface area contributed by atoms with Crippen molar-refractivity contribution in [2.45, 2.75) is 13.0 Å². The second kappa shape index (κ2) is 6.53. The molecular formula is C15H18ClN2+. The van der Waals surface area contributed by atoms with Crippen molar-refractivity contribution < 1.29 is 4.90 Å². The molecule has 1 aromatic heterocycles. The van der Waals surface area contributed by atoms with Gasteiger partial charge in [-0.1, -0.05) is 35.9 Å². The van der Waals surface area contributed by atoms with Gasteiger partial charge in [0.2, 0.25) is 0 Å². The molecule has 18 heavy (non-hydrogen) atoms. The molecule has 0 amide bonds. The fraction of sp³-hybridized carbons (Fsp3) is 0.267. The molecule has 0 saturated carbocycles. The summed E-state index contributed by atoms with van der Waals surface area (Å²) in [6, 6.07) is 14.1. The minimum Gasteiger partial charge on any atom is -0.333 e. The summed E-state index contributed by atoms with van der Waals surface area (Å²) in [5.74, 6) is 0. The highest BCUT2D eigenvalue weighted by molar-refractivity contribution is 6.31. The van der Waals surface area contributed by atoms with E-state index >= 15 is 0 Å². The molecule has 2 rings (SSSR count). The van der Waals surface area contributed by atoms with E-state index in [-0.39, 0.29) is 0 Å². The Bertz CT molecular complexity index is 485. The predicted octanol–water partition coefficient (Wildman–Crippen LogP) is 1.99. The average Bonchev–Trinajstić information content (AvgIpc) is 2.40. The Morgan fingerprint density at radius 3 is 2.61 bits per heavy atom. The van der Waals surface area contributed by atoms with Crippen molar-refractivity contribution in [1.82, 2.24) is 4.98 Å². The van der Waals surface area contributed by atoms with Crippen molar-refractivity contribution in [2.24, 2.45) is 0 Å². The van der Waals surface area contributed by atoms with E-state index in [4.69, 9.17) is 11.6 Å². The number of nitrogens with one attached hydrogen (secondary N) is 1. The number of benzene rings is 1. The van der Waals surface area contributed by atoms with Crippen LogP contribution in [0, 0.1) is 0 Å². The van der Waals surface area contributed by atoms with Crippen molar-refractivity contribution in [3.8, 4) is 0 Å². The third-order valence-corrected chi connectivity index (χ3v) is 3.35. The van der Waals surface area contributed by atoms with E-state index in [1.807, 2.05) is 36.5 Å². The van der Waals surface area contributed by atoms with Gasteiger partial charge in [0, 0.05) is 28.9 Å². The topological polar surface area (TPSA) is 17.3 Å². The van der Waals surface area contributed by atoms with Crippen molar-refractivity contribution in [2.75, 3.05) is 13.6 Å². The highest BCUT2D eigenvalue weighted by Gasteiger charge is 2.07. The van der Waals surface area contributed by atoms with Crippen molar-refractivity contribution in [1.29, 1.82) is 0 Å². The second-order valence-corrected chi connectivity index (χ2v) is 4.95. The van der Waals surface area contributed by atoms with Crippen molar-refractivity contribution >= 4 is 11.6 Å². The van der Waals surface area contributed by atoms with Gasteiger partial charge in [-0.3, -0.25) is 4.98 Å². The Morgan fingerprint density at radius 2 is 1.89 bits per heavy atom. The van der Waals surface area contributed by atoms with Gasteiger partial charge >= 0.3 is 0 Å². The molecule has 0 aliphatic carbocycles. The van der Waals surface area contributed by atoms with Crippen molar-refractivity contribution in [3.63, 3.8) is 0 Å². The van der Waals surface area contributed by atoms with Crippen LogP contribution in [0.4, 0.5) is 0 Å². The fourth-order valence-electron chi connectivity index (χ4n) is 1.94. The number of nitrogens with zero attached hydrogens (tertiary/aromatic N) is 1. The summed E-state index contributed by atoms with van der Waals surface area (Å²) in [6.45, 7) is 2.01. The van der Waals surface area contributed by atoms with E-state index in [2.05, 4.69) is 24.2 Å². The number of hydrogen-bond acceptors (Lipinski definition) is 1. The standard InChI is InChI=1S/C15H17ClN2/c1-18(11-9-14-7-4-5-10-17-14)12-13-6-2-3-8-15(13)16/h2-8,10H,9,11-12H2,1H3/p+1. The minimum atomic E-state index is 0.856. The Hall–Kier alpha value is -1.38. The summed E-state index contributed by atoms with van der Waals surface area (Å²) >= 11 is 6.16. The minimum absolute atomic E-state index is 0.856. The summed E-state index contributed by atoms with van der Waals surface area (Å²) in [4.78, 5) is 5.77. The lowest BCUT2D eigenvalue weighted by molar-refractivity contribution is -0.893. The van der Waals surface area contributed by atoms with E-state index in [1.165, 1.54) is 10.5 Å². The molecule has 0 aliphatic rings. The van der Waals surface area contributed by atoms with Crippen LogP contribution >= 0.6 is 11.6 Å². The number of halogens is 1. The summed E-state index contributed by atoms with van der Waals surface area (Å²) in [5, 5.41) is 0.856. The predicted molar refractivity (Wildman–Crippen MR) is 74.9 cm³/mol. The van der Waals surface area contributed by atoms with Gasteiger partial charge in [0.15, 0.2) is 0 Å². The Morgan fingerprint density at radius 1 is 1.11 bits per heavy atom. The molecule has 0 bridgehead atoms. The first kappa shape index (κ1) is 13.1. The van der Waals surface area contributed by atoms with Gasteiger partial charge in [-0.15, -0.1) is 0 Å². The van der Waals surface area contributed by atoms with Gasteiger partial charge < -0.3 is 4.90 Å². The summed E-state index contributed by atoms with van der Waals surface area (Å²) in [7, 11) is 2.19. The first-order valence-corrected chi connectivity index (χ1v) is 6.58. The van der Waals surface area contributed by atoms with E-state index in [0.717, 1.165) is 30.2 Å². The molecule has 1 atom stereocenters. The smallest absolute Gasteiger partial charge is 0.104 e. The van der Waals surface area contributed by atoms with Crippen LogP contribution in [0.25, 0.3) is 0 Å². The van der Waals surface area contributed by atoms with Crippen LogP contribution < -0.4 is 4.90 Å². The van der Waals surface area contributed by atoms with Gasteiger partial charge in [0.05, 0.1) is 13.6 Å². The number of aromatic nitrogens is 1. The van der Waals surface area contributed by atoms with Gasteiger partial charge in [0.25, 0.3) is 0 Å². The van der Waals surface area contributed by atoms with Gasteiger partial charge in [0.1, 0.15) is 6.54 Å². The largest absolute Gasteiger partial charge is 0.333 e. The third kappa shape index (κ3) is 3.83. The lowest BCUT2D eigenvalue weighted by Crippen LogP contribution is -3.07. The Kier molecular flexibility index (Phi) is 4.73. The molecular weight excluding hydrogens is 244 g/mol. The van der Waals surface area contributed by atoms with Gasteiger partial charge in [-0.2, -0.15) is 0 Å². The monoisotopic (exact) mass is 261 g/mol.